The zero-order valence-corrected chi connectivity index (χ0v) is 13.0. The molecule has 0 radical (unpaired) electrons. The monoisotopic (exact) mass is 292 g/mol. The molecule has 1 aliphatic heterocycles. The van der Waals surface area contributed by atoms with Crippen LogP contribution in [0, 0.1) is 13.8 Å². The summed E-state index contributed by atoms with van der Waals surface area (Å²) in [5.74, 6) is 0. The van der Waals surface area contributed by atoms with Crippen LogP contribution in [0.4, 0.5) is 10.5 Å². The van der Waals surface area contributed by atoms with Crippen LogP contribution < -0.4 is 10.2 Å². The number of nitrogens with zero attached hydrogens (tertiary/aromatic N) is 1. The molecular weight excluding hydrogens is 272 g/mol. The van der Waals surface area contributed by atoms with Crippen molar-refractivity contribution in [2.75, 3.05) is 18.0 Å². The van der Waals surface area contributed by atoms with Crippen LogP contribution in [0.2, 0.25) is 0 Å². The highest BCUT2D eigenvalue weighted by Crippen LogP contribution is 2.19. The van der Waals surface area contributed by atoms with Gasteiger partial charge in [0.2, 0.25) is 0 Å². The lowest BCUT2D eigenvalue weighted by molar-refractivity contribution is 0.252. The van der Waals surface area contributed by atoms with Gasteiger partial charge in [-0.15, -0.1) is 0 Å². The average Bonchev–Trinajstić information content (AvgIpc) is 2.91. The van der Waals surface area contributed by atoms with E-state index in [9.17, 15) is 4.79 Å². The first-order valence-electron chi connectivity index (χ1n) is 7.54. The smallest absolute Gasteiger partial charge is 0.321 e. The molecule has 112 valence electrons. The predicted octanol–water partition coefficient (Wildman–Crippen LogP) is 4.00. The van der Waals surface area contributed by atoms with Gasteiger partial charge < -0.3 is 5.32 Å². The van der Waals surface area contributed by atoms with Gasteiger partial charge in [-0.3, -0.25) is 4.90 Å². The van der Waals surface area contributed by atoms with Crippen LogP contribution in [-0.4, -0.2) is 19.1 Å². The number of carbonyl (C=O) groups is 1. The number of rotatable bonds is 3. The highest BCUT2D eigenvalue weighted by atomic mass is 16.2. The van der Waals surface area contributed by atoms with Crippen molar-refractivity contribution in [3.05, 3.63) is 64.7 Å². The summed E-state index contributed by atoms with van der Waals surface area (Å²) in [5, 5.41) is 2.81. The third-order valence-electron chi connectivity index (χ3n) is 3.77. The Labute approximate surface area is 131 Å². The molecule has 0 atom stereocenters. The van der Waals surface area contributed by atoms with Gasteiger partial charge in [-0.25, -0.2) is 4.79 Å². The number of urea groups is 1. The second kappa shape index (κ2) is 6.06. The molecule has 22 heavy (non-hydrogen) atoms. The van der Waals surface area contributed by atoms with Crippen molar-refractivity contribution < 1.29 is 4.79 Å². The van der Waals surface area contributed by atoms with Gasteiger partial charge in [-0.1, -0.05) is 53.6 Å². The summed E-state index contributed by atoms with van der Waals surface area (Å²) in [7, 11) is 0. The van der Waals surface area contributed by atoms with Gasteiger partial charge in [-0.05, 0) is 37.1 Å². The van der Waals surface area contributed by atoms with Gasteiger partial charge in [0.05, 0.1) is 0 Å². The molecule has 0 saturated carbocycles. The fraction of sp³-hybridized carbons (Fsp3) is 0.211. The van der Waals surface area contributed by atoms with Gasteiger partial charge in [-0.2, -0.15) is 0 Å². The lowest BCUT2D eigenvalue weighted by atomic mass is 10.1. The molecule has 2 amide bonds. The first-order chi connectivity index (χ1) is 10.6. The van der Waals surface area contributed by atoms with Gasteiger partial charge in [0.15, 0.2) is 0 Å². The SMILES string of the molecule is Cc1cc(C)cc(/C=C\c2ccc(N3CCNC3=O)cc2)c1. The maximum atomic E-state index is 11.6. The molecule has 1 heterocycles. The normalized spacial score (nSPS) is 14.6. The number of hydrogen-bond donors (Lipinski definition) is 1. The molecule has 1 aliphatic rings. The van der Waals surface area contributed by atoms with Crippen LogP contribution in [0.5, 0.6) is 0 Å². The summed E-state index contributed by atoms with van der Waals surface area (Å²) in [6, 6.07) is 14.6. The number of anilines is 1. The van der Waals surface area contributed by atoms with Gasteiger partial charge in [0, 0.05) is 18.8 Å². The minimum atomic E-state index is -0.0153. The van der Waals surface area contributed by atoms with E-state index in [1.54, 1.807) is 4.90 Å². The van der Waals surface area contributed by atoms with Crippen LogP contribution in [0.15, 0.2) is 42.5 Å². The Hall–Kier alpha value is -2.55. The largest absolute Gasteiger partial charge is 0.336 e. The van der Waals surface area contributed by atoms with Gasteiger partial charge in [0.1, 0.15) is 0 Å². The third kappa shape index (κ3) is 3.19. The number of amides is 2. The second-order valence-electron chi connectivity index (χ2n) is 5.73. The molecule has 0 aromatic heterocycles. The van der Waals surface area contributed by atoms with Crippen molar-refractivity contribution in [1.82, 2.24) is 5.32 Å². The Morgan fingerprint density at radius 2 is 1.59 bits per heavy atom. The Kier molecular flexibility index (Phi) is 3.96. The van der Waals surface area contributed by atoms with E-state index < -0.39 is 0 Å². The van der Waals surface area contributed by atoms with E-state index in [1.165, 1.54) is 16.7 Å². The van der Waals surface area contributed by atoms with Crippen molar-refractivity contribution in [2.24, 2.45) is 0 Å². The van der Waals surface area contributed by atoms with Gasteiger partial charge >= 0.3 is 6.03 Å². The summed E-state index contributed by atoms with van der Waals surface area (Å²) >= 11 is 0. The van der Waals surface area contributed by atoms with Crippen LogP contribution >= 0.6 is 0 Å². The van der Waals surface area contributed by atoms with Crippen molar-refractivity contribution in [1.29, 1.82) is 0 Å². The molecule has 1 N–H and O–H groups in total. The summed E-state index contributed by atoms with van der Waals surface area (Å²) < 4.78 is 0. The maximum Gasteiger partial charge on any atom is 0.321 e. The van der Waals surface area contributed by atoms with E-state index in [4.69, 9.17) is 0 Å². The Morgan fingerprint density at radius 3 is 2.18 bits per heavy atom. The van der Waals surface area contributed by atoms with Crippen molar-refractivity contribution in [3.8, 4) is 0 Å². The fourth-order valence-electron chi connectivity index (χ4n) is 2.78. The summed E-state index contributed by atoms with van der Waals surface area (Å²) in [6.07, 6.45) is 4.22. The molecule has 2 aromatic carbocycles. The van der Waals surface area contributed by atoms with E-state index in [0.29, 0.717) is 6.54 Å². The van der Waals surface area contributed by atoms with Crippen LogP contribution in [0.25, 0.3) is 12.2 Å². The zero-order valence-electron chi connectivity index (χ0n) is 13.0. The van der Waals surface area contributed by atoms with Crippen molar-refractivity contribution in [2.45, 2.75) is 13.8 Å². The minimum absolute atomic E-state index is 0.0153. The molecule has 0 bridgehead atoms. The Morgan fingerprint density at radius 1 is 0.955 bits per heavy atom. The predicted molar refractivity (Wildman–Crippen MR) is 92.0 cm³/mol. The maximum absolute atomic E-state index is 11.6. The summed E-state index contributed by atoms with van der Waals surface area (Å²) in [4.78, 5) is 13.4. The Balaban J connectivity index is 1.75. The quantitative estimate of drug-likeness (QED) is 0.852. The van der Waals surface area contributed by atoms with Crippen LogP contribution in [0.1, 0.15) is 22.3 Å². The lowest BCUT2D eigenvalue weighted by Gasteiger charge is -2.13. The molecule has 3 nitrogen and oxygen atoms in total. The fourth-order valence-corrected chi connectivity index (χ4v) is 2.78. The zero-order chi connectivity index (χ0) is 15.5. The average molecular weight is 292 g/mol. The lowest BCUT2D eigenvalue weighted by Crippen LogP contribution is -2.27. The molecule has 2 aromatic rings. The molecule has 0 aliphatic carbocycles. The van der Waals surface area contributed by atoms with Crippen LogP contribution in [-0.2, 0) is 0 Å². The molecule has 0 spiro atoms. The molecule has 3 heteroatoms. The molecule has 1 fully saturated rings. The van der Waals surface area contributed by atoms with E-state index in [2.05, 4.69) is 49.5 Å². The first kappa shape index (κ1) is 14.4. The second-order valence-corrected chi connectivity index (χ2v) is 5.73. The summed E-state index contributed by atoms with van der Waals surface area (Å²) in [5.41, 5.74) is 5.83. The van der Waals surface area contributed by atoms with E-state index in [-0.39, 0.29) is 6.03 Å². The standard InChI is InChI=1S/C19H20N2O/c1-14-11-15(2)13-17(12-14)4-3-16-5-7-18(8-6-16)21-10-9-20-19(21)22/h3-8,11-13H,9-10H2,1-2H3,(H,20,22)/b4-3-. The summed E-state index contributed by atoms with van der Waals surface area (Å²) in [6.45, 7) is 5.67. The highest BCUT2D eigenvalue weighted by Gasteiger charge is 2.20. The number of carbonyl (C=O) groups excluding carboxylic acids is 1. The third-order valence-corrected chi connectivity index (χ3v) is 3.77. The van der Waals surface area contributed by atoms with E-state index in [0.717, 1.165) is 17.8 Å². The van der Waals surface area contributed by atoms with Crippen molar-refractivity contribution in [3.63, 3.8) is 0 Å². The van der Waals surface area contributed by atoms with E-state index in [1.807, 2.05) is 24.3 Å². The molecule has 1 saturated heterocycles. The first-order valence-corrected chi connectivity index (χ1v) is 7.54. The molecule has 0 unspecified atom stereocenters. The van der Waals surface area contributed by atoms with Crippen molar-refractivity contribution >= 4 is 23.9 Å². The van der Waals surface area contributed by atoms with E-state index >= 15 is 0 Å². The Bertz CT molecular complexity index is 696. The topological polar surface area (TPSA) is 32.3 Å². The minimum Gasteiger partial charge on any atom is -0.336 e. The number of aryl methyl sites for hydroxylation is 2. The molecule has 3 rings (SSSR count). The number of benzene rings is 2. The molecular formula is C19H20N2O. The number of hydrogen-bond acceptors (Lipinski definition) is 1. The number of nitrogens with one attached hydrogen (secondary N) is 1. The van der Waals surface area contributed by atoms with Crippen LogP contribution in [0.3, 0.4) is 0 Å². The highest BCUT2D eigenvalue weighted by molar-refractivity contribution is 5.94. The van der Waals surface area contributed by atoms with Gasteiger partial charge in [0.25, 0.3) is 0 Å².